The molecular weight excluding hydrogens is 462 g/mol. The van der Waals surface area contributed by atoms with Gasteiger partial charge in [-0.3, -0.25) is 4.79 Å². The molecule has 3 rings (SSSR count). The van der Waals surface area contributed by atoms with Crippen LogP contribution in [-0.4, -0.2) is 36.5 Å². The van der Waals surface area contributed by atoms with E-state index in [2.05, 4.69) is 32.4 Å². The fourth-order valence-electron chi connectivity index (χ4n) is 3.10. The van der Waals surface area contributed by atoms with Crippen LogP contribution in [0.4, 0.5) is 5.82 Å². The molecule has 31 heavy (non-hydrogen) atoms. The number of carbonyl (C=O) groups excluding carboxylic acids is 1. The molecule has 0 aliphatic heterocycles. The highest BCUT2D eigenvalue weighted by Gasteiger charge is 2.17. The van der Waals surface area contributed by atoms with E-state index in [1.807, 2.05) is 30.3 Å². The Morgan fingerprint density at radius 2 is 1.87 bits per heavy atom. The average Bonchev–Trinajstić information content (AvgIpc) is 3.12. The van der Waals surface area contributed by atoms with Crippen LogP contribution in [0, 0.1) is 11.3 Å². The van der Waals surface area contributed by atoms with Crippen LogP contribution in [0.25, 0.3) is 5.69 Å². The molecule has 1 aromatic heterocycles. The van der Waals surface area contributed by atoms with Crippen molar-refractivity contribution in [1.82, 2.24) is 15.1 Å². The Morgan fingerprint density at radius 1 is 1.23 bits per heavy atom. The number of nitriles is 1. The van der Waals surface area contributed by atoms with Gasteiger partial charge in [-0.1, -0.05) is 18.2 Å². The van der Waals surface area contributed by atoms with Gasteiger partial charge in [-0.05, 0) is 53.0 Å². The molecule has 0 fully saturated rings. The number of hydrogen-bond donors (Lipinski definition) is 2. The highest BCUT2D eigenvalue weighted by molar-refractivity contribution is 9.10. The minimum atomic E-state index is -0.251. The second-order valence-electron chi connectivity index (χ2n) is 6.62. The van der Waals surface area contributed by atoms with Crippen molar-refractivity contribution < 1.29 is 14.3 Å². The molecule has 160 valence electrons. The summed E-state index contributed by atoms with van der Waals surface area (Å²) in [6.07, 6.45) is 1.09. The fourth-order valence-corrected chi connectivity index (χ4v) is 3.65. The fraction of sp³-hybridized carbons (Fsp3) is 0.227. The molecule has 1 amide bonds. The zero-order valence-electron chi connectivity index (χ0n) is 17.2. The van der Waals surface area contributed by atoms with E-state index in [1.165, 1.54) is 14.2 Å². The van der Waals surface area contributed by atoms with Gasteiger partial charge in [0.2, 0.25) is 0 Å². The molecular formula is C22H22BrN5O3. The number of benzene rings is 2. The number of nitrogen functional groups attached to an aromatic ring is 1. The lowest BCUT2D eigenvalue weighted by Crippen LogP contribution is -2.25. The summed E-state index contributed by atoms with van der Waals surface area (Å²) in [5.74, 6) is 1.07. The zero-order chi connectivity index (χ0) is 22.4. The predicted molar refractivity (Wildman–Crippen MR) is 121 cm³/mol. The van der Waals surface area contributed by atoms with Gasteiger partial charge in [0.25, 0.3) is 5.91 Å². The number of nitrogens with zero attached hydrogens (tertiary/aromatic N) is 3. The molecule has 0 radical (unpaired) electrons. The number of carbonyl (C=O) groups is 1. The van der Waals surface area contributed by atoms with E-state index < -0.39 is 0 Å². The number of amides is 1. The Hall–Kier alpha value is -3.51. The summed E-state index contributed by atoms with van der Waals surface area (Å²) < 4.78 is 12.8. The molecule has 9 heteroatoms. The SMILES string of the molecule is COc1cc(C(=O)NCCCc2nn(-c3ccccc3)c(N)c2C#N)cc(OC)c1Br. The van der Waals surface area contributed by atoms with Crippen LogP contribution in [0.3, 0.4) is 0 Å². The number of aromatic nitrogens is 2. The zero-order valence-corrected chi connectivity index (χ0v) is 18.8. The van der Waals surface area contributed by atoms with Crippen LogP contribution in [-0.2, 0) is 6.42 Å². The Kier molecular flexibility index (Phi) is 7.15. The summed E-state index contributed by atoms with van der Waals surface area (Å²) in [4.78, 5) is 12.5. The number of para-hydroxylation sites is 1. The number of ether oxygens (including phenoxy) is 2. The van der Waals surface area contributed by atoms with Crippen LogP contribution in [0.15, 0.2) is 46.9 Å². The van der Waals surface area contributed by atoms with Gasteiger partial charge >= 0.3 is 0 Å². The highest BCUT2D eigenvalue weighted by atomic mass is 79.9. The van der Waals surface area contributed by atoms with E-state index in [0.29, 0.717) is 58.0 Å². The smallest absolute Gasteiger partial charge is 0.251 e. The van der Waals surface area contributed by atoms with Gasteiger partial charge in [-0.25, -0.2) is 4.68 Å². The van der Waals surface area contributed by atoms with Crippen LogP contribution < -0.4 is 20.5 Å². The largest absolute Gasteiger partial charge is 0.495 e. The van der Waals surface area contributed by atoms with E-state index in [9.17, 15) is 10.1 Å². The van der Waals surface area contributed by atoms with E-state index >= 15 is 0 Å². The van der Waals surface area contributed by atoms with Crippen LogP contribution >= 0.6 is 15.9 Å². The summed E-state index contributed by atoms with van der Waals surface area (Å²) in [6, 6.07) is 14.8. The summed E-state index contributed by atoms with van der Waals surface area (Å²) in [5.41, 5.74) is 8.29. The first-order valence-electron chi connectivity index (χ1n) is 9.52. The van der Waals surface area contributed by atoms with Crippen LogP contribution in [0.2, 0.25) is 0 Å². The van der Waals surface area contributed by atoms with Crippen molar-refractivity contribution in [2.45, 2.75) is 12.8 Å². The molecule has 0 bridgehead atoms. The molecule has 3 N–H and O–H groups in total. The Morgan fingerprint density at radius 3 is 2.45 bits per heavy atom. The Balaban J connectivity index is 1.65. The van der Waals surface area contributed by atoms with Gasteiger partial charge in [0, 0.05) is 12.1 Å². The highest BCUT2D eigenvalue weighted by Crippen LogP contribution is 2.35. The van der Waals surface area contributed by atoms with E-state index in [0.717, 1.165) is 5.69 Å². The minimum absolute atomic E-state index is 0.251. The number of anilines is 1. The number of nitrogens with two attached hydrogens (primary N) is 1. The Labute approximate surface area is 188 Å². The third kappa shape index (κ3) is 4.81. The molecule has 0 atom stereocenters. The van der Waals surface area contributed by atoms with Gasteiger partial charge < -0.3 is 20.5 Å². The summed E-state index contributed by atoms with van der Waals surface area (Å²) >= 11 is 3.39. The van der Waals surface area contributed by atoms with Crippen molar-refractivity contribution in [3.63, 3.8) is 0 Å². The molecule has 0 aliphatic rings. The maximum Gasteiger partial charge on any atom is 0.251 e. The number of aryl methyl sites for hydroxylation is 1. The molecule has 0 unspecified atom stereocenters. The lowest BCUT2D eigenvalue weighted by Gasteiger charge is -2.11. The topological polar surface area (TPSA) is 115 Å². The van der Waals surface area contributed by atoms with Crippen LogP contribution in [0.5, 0.6) is 11.5 Å². The van der Waals surface area contributed by atoms with Gasteiger partial charge in [0.05, 0.1) is 25.6 Å². The average molecular weight is 484 g/mol. The number of nitrogens with one attached hydrogen (secondary N) is 1. The second-order valence-corrected chi connectivity index (χ2v) is 7.41. The minimum Gasteiger partial charge on any atom is -0.495 e. The van der Waals surface area contributed by atoms with E-state index in [-0.39, 0.29) is 5.91 Å². The third-order valence-electron chi connectivity index (χ3n) is 4.69. The lowest BCUT2D eigenvalue weighted by molar-refractivity contribution is 0.0952. The van der Waals surface area contributed by atoms with Crippen molar-refractivity contribution in [2.75, 3.05) is 26.5 Å². The monoisotopic (exact) mass is 483 g/mol. The summed E-state index contributed by atoms with van der Waals surface area (Å²) in [5, 5.41) is 16.9. The second kappa shape index (κ2) is 10.00. The first-order chi connectivity index (χ1) is 15.0. The first kappa shape index (κ1) is 22.2. The summed E-state index contributed by atoms with van der Waals surface area (Å²) in [7, 11) is 3.04. The number of hydrogen-bond acceptors (Lipinski definition) is 6. The number of rotatable bonds is 8. The van der Waals surface area contributed by atoms with Gasteiger partial charge in [0.1, 0.15) is 33.4 Å². The molecule has 2 aromatic carbocycles. The molecule has 8 nitrogen and oxygen atoms in total. The van der Waals surface area contributed by atoms with Crippen molar-refractivity contribution in [1.29, 1.82) is 5.26 Å². The van der Waals surface area contributed by atoms with Crippen molar-refractivity contribution in [3.8, 4) is 23.3 Å². The maximum atomic E-state index is 12.5. The van der Waals surface area contributed by atoms with Gasteiger partial charge in [-0.2, -0.15) is 10.4 Å². The molecule has 0 saturated carbocycles. The van der Waals surface area contributed by atoms with Crippen molar-refractivity contribution in [3.05, 3.63) is 63.8 Å². The van der Waals surface area contributed by atoms with Gasteiger partial charge in [-0.15, -0.1) is 0 Å². The normalized spacial score (nSPS) is 10.4. The molecule has 0 aliphatic carbocycles. The van der Waals surface area contributed by atoms with Gasteiger partial charge in [0.15, 0.2) is 0 Å². The standard InChI is InChI=1S/C22H22BrN5O3/c1-30-18-11-14(12-19(31-2)20(18)23)22(29)26-10-6-9-17-16(13-24)21(25)28(27-17)15-7-4-3-5-8-15/h3-5,7-8,11-12H,6,9-10,25H2,1-2H3,(H,26,29). The molecule has 1 heterocycles. The lowest BCUT2D eigenvalue weighted by atomic mass is 10.1. The summed E-state index contributed by atoms with van der Waals surface area (Å²) in [6.45, 7) is 0.405. The van der Waals surface area contributed by atoms with E-state index in [1.54, 1.807) is 16.8 Å². The van der Waals surface area contributed by atoms with Crippen LogP contribution in [0.1, 0.15) is 28.0 Å². The number of methoxy groups -OCH3 is 2. The maximum absolute atomic E-state index is 12.5. The van der Waals surface area contributed by atoms with Crippen molar-refractivity contribution >= 4 is 27.7 Å². The first-order valence-corrected chi connectivity index (χ1v) is 10.3. The predicted octanol–water partition coefficient (Wildman–Crippen LogP) is 3.47. The molecule has 0 spiro atoms. The van der Waals surface area contributed by atoms with Crippen molar-refractivity contribution in [2.24, 2.45) is 0 Å². The molecule has 3 aromatic rings. The quantitative estimate of drug-likeness (QED) is 0.474. The Bertz CT molecular complexity index is 1100. The van der Waals surface area contributed by atoms with E-state index in [4.69, 9.17) is 15.2 Å². The number of halogens is 1. The molecule has 0 saturated heterocycles. The third-order valence-corrected chi connectivity index (χ3v) is 5.47.